The molecule has 2 atom stereocenters. The van der Waals surface area contributed by atoms with Crippen molar-refractivity contribution in [3.63, 3.8) is 0 Å². The Kier molecular flexibility index (Phi) is 29.2. The fraction of sp³-hybridized carbons (Fsp3) is 1.00. The molecule has 0 heterocycles. The fourth-order valence-corrected chi connectivity index (χ4v) is 5.59. The van der Waals surface area contributed by atoms with E-state index in [4.69, 9.17) is 0 Å². The molecule has 0 aliphatic heterocycles. The van der Waals surface area contributed by atoms with Crippen LogP contribution in [0.3, 0.4) is 0 Å². The van der Waals surface area contributed by atoms with Crippen LogP contribution < -0.4 is 0 Å². The van der Waals surface area contributed by atoms with Gasteiger partial charge in [0.25, 0.3) is 0 Å². The molecule has 0 aliphatic carbocycles. The monoisotopic (exact) mass is 479 g/mol. The molecule has 0 heteroatoms. The van der Waals surface area contributed by atoms with Gasteiger partial charge in [-0.3, -0.25) is 0 Å². The minimum Gasteiger partial charge on any atom is -0.0654 e. The highest BCUT2D eigenvalue weighted by molar-refractivity contribution is 4.59. The topological polar surface area (TPSA) is 0 Å². The highest BCUT2D eigenvalue weighted by Crippen LogP contribution is 2.22. The predicted octanol–water partition coefficient (Wildman–Crippen LogP) is 13.2. The summed E-state index contributed by atoms with van der Waals surface area (Å²) in [5.41, 5.74) is 0. The van der Waals surface area contributed by atoms with Crippen molar-refractivity contribution in [1.82, 2.24) is 0 Å². The molecule has 0 saturated heterocycles. The quantitative estimate of drug-likeness (QED) is 0.0937. The van der Waals surface area contributed by atoms with Gasteiger partial charge in [0.2, 0.25) is 0 Å². The lowest BCUT2D eigenvalue weighted by atomic mass is 9.92. The highest BCUT2D eigenvalue weighted by Gasteiger charge is 2.06. The van der Waals surface area contributed by atoms with Gasteiger partial charge in [-0.05, 0) is 11.8 Å². The highest BCUT2D eigenvalue weighted by atomic mass is 14.1. The number of unbranched alkanes of at least 4 members (excludes halogenated alkanes) is 21. The Hall–Kier alpha value is 0. The van der Waals surface area contributed by atoms with E-state index in [1.807, 2.05) is 0 Å². The van der Waals surface area contributed by atoms with Crippen LogP contribution in [0.5, 0.6) is 0 Å². The molecule has 0 aromatic carbocycles. The zero-order valence-electron chi connectivity index (χ0n) is 25.0. The van der Waals surface area contributed by atoms with Gasteiger partial charge in [0.05, 0.1) is 0 Å². The van der Waals surface area contributed by atoms with Crippen molar-refractivity contribution in [3.8, 4) is 0 Å². The fourth-order valence-electron chi connectivity index (χ4n) is 5.59. The Morgan fingerprint density at radius 1 is 0.265 bits per heavy atom. The number of hydrogen-bond acceptors (Lipinski definition) is 0. The zero-order valence-corrected chi connectivity index (χ0v) is 25.0. The summed E-state index contributed by atoms with van der Waals surface area (Å²) in [6, 6.07) is 0. The number of hydrogen-bond donors (Lipinski definition) is 0. The van der Waals surface area contributed by atoms with E-state index in [2.05, 4.69) is 27.7 Å². The average molecular weight is 479 g/mol. The van der Waals surface area contributed by atoms with Gasteiger partial charge in [-0.25, -0.2) is 0 Å². The second-order valence-electron chi connectivity index (χ2n) is 12.1. The molecule has 0 fully saturated rings. The van der Waals surface area contributed by atoms with Crippen molar-refractivity contribution in [2.45, 2.75) is 207 Å². The van der Waals surface area contributed by atoms with Crippen LogP contribution in [0.2, 0.25) is 0 Å². The van der Waals surface area contributed by atoms with Gasteiger partial charge in [-0.2, -0.15) is 0 Å². The maximum atomic E-state index is 2.51. The molecule has 0 saturated carbocycles. The van der Waals surface area contributed by atoms with Gasteiger partial charge in [0.15, 0.2) is 0 Å². The molecular weight excluding hydrogens is 408 g/mol. The zero-order chi connectivity index (χ0) is 25.0. The van der Waals surface area contributed by atoms with Gasteiger partial charge < -0.3 is 0 Å². The van der Waals surface area contributed by atoms with Crippen molar-refractivity contribution in [1.29, 1.82) is 0 Å². The van der Waals surface area contributed by atoms with Crippen LogP contribution >= 0.6 is 0 Å². The molecule has 0 rings (SSSR count). The SMILES string of the molecule is CCCCCCCCCCCCCCCCCC(C)CCCC(C)CCCCCCCCCC. The molecule has 2 unspecified atom stereocenters. The van der Waals surface area contributed by atoms with Gasteiger partial charge in [-0.1, -0.05) is 207 Å². The lowest BCUT2D eigenvalue weighted by Gasteiger charge is -2.14. The van der Waals surface area contributed by atoms with Crippen molar-refractivity contribution in [2.24, 2.45) is 11.8 Å². The molecule has 0 amide bonds. The van der Waals surface area contributed by atoms with Gasteiger partial charge in [0.1, 0.15) is 0 Å². The summed E-state index contributed by atoms with van der Waals surface area (Å²) in [4.78, 5) is 0. The van der Waals surface area contributed by atoms with Crippen LogP contribution in [0.15, 0.2) is 0 Å². The third kappa shape index (κ3) is 28.2. The van der Waals surface area contributed by atoms with Gasteiger partial charge >= 0.3 is 0 Å². The predicted molar refractivity (Wildman–Crippen MR) is 159 cm³/mol. The molecule has 0 aromatic rings. The first-order valence-corrected chi connectivity index (χ1v) is 16.7. The van der Waals surface area contributed by atoms with E-state index in [9.17, 15) is 0 Å². The molecular formula is C34H70. The second-order valence-corrected chi connectivity index (χ2v) is 12.1. The summed E-state index contributed by atoms with van der Waals surface area (Å²) in [6.45, 7) is 9.62. The Morgan fingerprint density at radius 2 is 0.471 bits per heavy atom. The molecule has 206 valence electrons. The van der Waals surface area contributed by atoms with E-state index in [0.29, 0.717) is 0 Å². The molecule has 0 radical (unpaired) electrons. The number of rotatable bonds is 29. The van der Waals surface area contributed by atoms with Crippen LogP contribution in [-0.4, -0.2) is 0 Å². The van der Waals surface area contributed by atoms with Gasteiger partial charge in [0, 0.05) is 0 Å². The summed E-state index contributed by atoms with van der Waals surface area (Å²) in [7, 11) is 0. The van der Waals surface area contributed by atoms with E-state index in [1.54, 1.807) is 0 Å². The summed E-state index contributed by atoms with van der Waals surface area (Å²) < 4.78 is 0. The molecule has 0 bridgehead atoms. The van der Waals surface area contributed by atoms with E-state index < -0.39 is 0 Å². The van der Waals surface area contributed by atoms with Crippen LogP contribution in [-0.2, 0) is 0 Å². The van der Waals surface area contributed by atoms with Crippen LogP contribution in [0.1, 0.15) is 207 Å². The summed E-state index contributed by atoms with van der Waals surface area (Å²) in [5, 5.41) is 0. The van der Waals surface area contributed by atoms with Crippen molar-refractivity contribution in [2.75, 3.05) is 0 Å². The maximum Gasteiger partial charge on any atom is -0.0443 e. The maximum absolute atomic E-state index is 2.51. The minimum absolute atomic E-state index is 0.956. The smallest absolute Gasteiger partial charge is 0.0443 e. The molecule has 0 nitrogen and oxygen atoms in total. The van der Waals surface area contributed by atoms with Crippen LogP contribution in [0.25, 0.3) is 0 Å². The van der Waals surface area contributed by atoms with Crippen molar-refractivity contribution < 1.29 is 0 Å². The molecule has 0 aliphatic rings. The molecule has 0 spiro atoms. The lowest BCUT2D eigenvalue weighted by molar-refractivity contribution is 0.390. The molecule has 0 aromatic heterocycles. The van der Waals surface area contributed by atoms with Gasteiger partial charge in [-0.15, -0.1) is 0 Å². The average Bonchev–Trinajstić information content (AvgIpc) is 2.83. The first-order valence-electron chi connectivity index (χ1n) is 16.7. The van der Waals surface area contributed by atoms with Crippen molar-refractivity contribution in [3.05, 3.63) is 0 Å². The summed E-state index contributed by atoms with van der Waals surface area (Å²) in [5.74, 6) is 1.91. The Balaban J connectivity index is 3.25. The van der Waals surface area contributed by atoms with Crippen molar-refractivity contribution >= 4 is 0 Å². The van der Waals surface area contributed by atoms with E-state index in [-0.39, 0.29) is 0 Å². The third-order valence-corrected chi connectivity index (χ3v) is 8.24. The first-order chi connectivity index (χ1) is 16.7. The normalized spacial score (nSPS) is 13.4. The summed E-state index contributed by atoms with van der Waals surface area (Å²) >= 11 is 0. The lowest BCUT2D eigenvalue weighted by Crippen LogP contribution is -1.99. The van der Waals surface area contributed by atoms with E-state index >= 15 is 0 Å². The Labute approximate surface area is 219 Å². The first kappa shape index (κ1) is 34.0. The second kappa shape index (κ2) is 29.2. The Morgan fingerprint density at radius 3 is 0.735 bits per heavy atom. The van der Waals surface area contributed by atoms with Crippen LogP contribution in [0.4, 0.5) is 0 Å². The summed E-state index contributed by atoms with van der Waals surface area (Å²) in [6.07, 6.45) is 41.1. The molecule has 0 N–H and O–H groups in total. The largest absolute Gasteiger partial charge is 0.0654 e. The molecule has 34 heavy (non-hydrogen) atoms. The minimum atomic E-state index is 0.956. The van der Waals surface area contributed by atoms with Crippen LogP contribution in [0, 0.1) is 11.8 Å². The van der Waals surface area contributed by atoms with E-state index in [0.717, 1.165) is 11.8 Å². The Bertz CT molecular complexity index is 346. The van der Waals surface area contributed by atoms with E-state index in [1.165, 1.54) is 180 Å². The third-order valence-electron chi connectivity index (χ3n) is 8.24. The standard InChI is InChI=1S/C34H70/c1-5-7-9-11-13-15-16-17-18-19-20-21-23-25-27-30-34(4)32-28-31-33(3)29-26-24-22-14-12-10-8-6-2/h33-34H,5-32H2,1-4H3.